The smallest absolute Gasteiger partial charge is 0.303 e. The third kappa shape index (κ3) is 11.0. The van der Waals surface area contributed by atoms with Crippen LogP contribution in [0, 0.1) is 0 Å². The highest BCUT2D eigenvalue weighted by atomic mass is 16.4. The van der Waals surface area contributed by atoms with Crippen molar-refractivity contribution in [1.29, 1.82) is 0 Å². The highest BCUT2D eigenvalue weighted by molar-refractivity contribution is 5.75. The lowest BCUT2D eigenvalue weighted by Crippen LogP contribution is -2.30. The number of carboxylic acid groups (broad SMARTS) is 2. The van der Waals surface area contributed by atoms with Crippen LogP contribution >= 0.6 is 0 Å². The first-order valence-corrected chi connectivity index (χ1v) is 9.59. The molecule has 6 N–H and O–H groups in total. The summed E-state index contributed by atoms with van der Waals surface area (Å²) in [4.78, 5) is 19.3. The molecule has 2 unspecified atom stereocenters. The number of hydrogen-bond acceptors (Lipinski definition) is 6. The molecular formula is C22H29NO7. The number of aryl methyl sites for hydroxylation is 1. The molecule has 0 aromatic heterocycles. The quantitative estimate of drug-likeness (QED) is 0.344. The number of aliphatic carboxylic acids is 2. The molecule has 8 heteroatoms. The SMILES string of the molecule is CC(CCc1ccc(O)cc1)NCC(O)c1ccc(O)cc1.O=C(O)CCC(=O)O. The minimum absolute atomic E-state index is 0.200. The zero-order valence-electron chi connectivity index (χ0n) is 16.9. The number of aliphatic hydroxyl groups is 1. The van der Waals surface area contributed by atoms with Gasteiger partial charge in [-0.15, -0.1) is 0 Å². The van der Waals surface area contributed by atoms with Crippen molar-refractivity contribution in [1.82, 2.24) is 5.32 Å². The fourth-order valence-electron chi connectivity index (χ4n) is 2.49. The van der Waals surface area contributed by atoms with E-state index in [4.69, 9.17) is 10.2 Å². The van der Waals surface area contributed by atoms with Crippen LogP contribution in [0.25, 0.3) is 0 Å². The molecule has 0 saturated heterocycles. The molecule has 0 bridgehead atoms. The Labute approximate surface area is 175 Å². The number of carbonyl (C=O) groups is 2. The molecule has 0 saturated carbocycles. The second kappa shape index (κ2) is 13.2. The summed E-state index contributed by atoms with van der Waals surface area (Å²) in [6.45, 7) is 2.56. The van der Waals surface area contributed by atoms with Gasteiger partial charge in [-0.2, -0.15) is 0 Å². The Morgan fingerprint density at radius 1 is 0.867 bits per heavy atom. The van der Waals surface area contributed by atoms with Crippen molar-refractivity contribution in [2.24, 2.45) is 0 Å². The Balaban J connectivity index is 0.000000479. The van der Waals surface area contributed by atoms with Crippen LogP contribution in [0.4, 0.5) is 0 Å². The Morgan fingerprint density at radius 3 is 1.80 bits per heavy atom. The van der Waals surface area contributed by atoms with E-state index in [-0.39, 0.29) is 30.4 Å². The van der Waals surface area contributed by atoms with Gasteiger partial charge in [0.15, 0.2) is 0 Å². The number of carboxylic acids is 2. The monoisotopic (exact) mass is 419 g/mol. The molecule has 30 heavy (non-hydrogen) atoms. The van der Waals surface area contributed by atoms with Gasteiger partial charge in [0.1, 0.15) is 11.5 Å². The van der Waals surface area contributed by atoms with Crippen molar-refractivity contribution >= 4 is 11.9 Å². The normalized spacial score (nSPS) is 12.3. The van der Waals surface area contributed by atoms with Crippen molar-refractivity contribution in [3.8, 4) is 11.5 Å². The zero-order valence-corrected chi connectivity index (χ0v) is 16.9. The predicted octanol–water partition coefficient (Wildman–Crippen LogP) is 2.68. The summed E-state index contributed by atoms with van der Waals surface area (Å²) in [5.74, 6) is -1.67. The van der Waals surface area contributed by atoms with Crippen LogP contribution in [0.1, 0.15) is 43.4 Å². The second-order valence-corrected chi connectivity index (χ2v) is 6.91. The van der Waals surface area contributed by atoms with Gasteiger partial charge in [-0.05, 0) is 55.2 Å². The minimum atomic E-state index is -1.08. The number of aromatic hydroxyl groups is 2. The van der Waals surface area contributed by atoms with Crippen LogP contribution in [-0.2, 0) is 16.0 Å². The van der Waals surface area contributed by atoms with Crippen molar-refractivity contribution < 1.29 is 35.1 Å². The summed E-state index contributed by atoms with van der Waals surface area (Å²) < 4.78 is 0. The first-order valence-electron chi connectivity index (χ1n) is 9.59. The number of nitrogens with one attached hydrogen (secondary N) is 1. The van der Waals surface area contributed by atoms with Gasteiger partial charge in [-0.3, -0.25) is 9.59 Å². The predicted molar refractivity (Wildman–Crippen MR) is 111 cm³/mol. The number of hydrogen-bond donors (Lipinski definition) is 6. The van der Waals surface area contributed by atoms with Crippen LogP contribution in [-0.4, -0.2) is 50.1 Å². The molecule has 0 heterocycles. The van der Waals surface area contributed by atoms with Gasteiger partial charge in [0.25, 0.3) is 0 Å². The van der Waals surface area contributed by atoms with E-state index >= 15 is 0 Å². The van der Waals surface area contributed by atoms with Crippen LogP contribution in [0.15, 0.2) is 48.5 Å². The van der Waals surface area contributed by atoms with E-state index in [1.54, 1.807) is 36.4 Å². The molecule has 8 nitrogen and oxygen atoms in total. The molecule has 0 amide bonds. The Kier molecular flexibility index (Phi) is 11.0. The van der Waals surface area contributed by atoms with Gasteiger partial charge in [0, 0.05) is 12.6 Å². The molecule has 0 aliphatic heterocycles. The molecule has 2 rings (SSSR count). The van der Waals surface area contributed by atoms with Crippen LogP contribution in [0.2, 0.25) is 0 Å². The molecule has 2 aromatic rings. The van der Waals surface area contributed by atoms with Crippen molar-refractivity contribution in [2.75, 3.05) is 6.54 Å². The molecule has 0 radical (unpaired) electrons. The molecule has 2 aromatic carbocycles. The fraction of sp³-hybridized carbons (Fsp3) is 0.364. The summed E-state index contributed by atoms with van der Waals surface area (Å²) in [5.41, 5.74) is 1.97. The van der Waals surface area contributed by atoms with E-state index in [9.17, 15) is 24.9 Å². The molecule has 0 aliphatic rings. The van der Waals surface area contributed by atoms with Crippen LogP contribution in [0.5, 0.6) is 11.5 Å². The average molecular weight is 419 g/mol. The largest absolute Gasteiger partial charge is 0.508 e. The first-order chi connectivity index (χ1) is 14.2. The Morgan fingerprint density at radius 2 is 1.33 bits per heavy atom. The van der Waals surface area contributed by atoms with E-state index in [1.807, 2.05) is 12.1 Å². The lowest BCUT2D eigenvalue weighted by Gasteiger charge is -2.17. The van der Waals surface area contributed by atoms with Crippen LogP contribution in [0.3, 0.4) is 0 Å². The Hall–Kier alpha value is -3.10. The molecule has 2 atom stereocenters. The third-order valence-electron chi connectivity index (χ3n) is 4.29. The zero-order chi connectivity index (χ0) is 22.5. The lowest BCUT2D eigenvalue weighted by molar-refractivity contribution is -0.143. The van der Waals surface area contributed by atoms with Gasteiger partial charge in [0.2, 0.25) is 0 Å². The Bertz CT molecular complexity index is 761. The summed E-state index contributed by atoms with van der Waals surface area (Å²) in [6, 6.07) is 14.1. The van der Waals surface area contributed by atoms with Gasteiger partial charge in [0.05, 0.1) is 18.9 Å². The number of rotatable bonds is 10. The van der Waals surface area contributed by atoms with Gasteiger partial charge in [-0.25, -0.2) is 0 Å². The minimum Gasteiger partial charge on any atom is -0.508 e. The van der Waals surface area contributed by atoms with E-state index in [1.165, 1.54) is 5.56 Å². The second-order valence-electron chi connectivity index (χ2n) is 6.91. The number of phenols is 2. The number of phenolic OH excluding ortho intramolecular Hbond substituents is 2. The van der Waals surface area contributed by atoms with Crippen LogP contribution < -0.4 is 5.32 Å². The molecule has 0 aliphatic carbocycles. The van der Waals surface area contributed by atoms with Gasteiger partial charge >= 0.3 is 11.9 Å². The highest BCUT2D eigenvalue weighted by Gasteiger charge is 2.09. The molecular weight excluding hydrogens is 390 g/mol. The van der Waals surface area contributed by atoms with E-state index < -0.39 is 18.0 Å². The van der Waals surface area contributed by atoms with Crippen molar-refractivity contribution in [3.63, 3.8) is 0 Å². The lowest BCUT2D eigenvalue weighted by atomic mass is 10.1. The standard InChI is InChI=1S/C18H23NO3.C4H6O4/c1-13(2-3-14-4-8-16(20)9-5-14)19-12-18(22)15-6-10-17(21)11-7-15;5-3(6)1-2-4(7)8/h4-11,13,18-22H,2-3,12H2,1H3;1-2H2,(H,5,6)(H,7,8). The number of aliphatic hydroxyl groups excluding tert-OH is 1. The van der Waals surface area contributed by atoms with E-state index in [2.05, 4.69) is 12.2 Å². The molecule has 0 fully saturated rings. The average Bonchev–Trinajstić information content (AvgIpc) is 2.71. The number of benzene rings is 2. The highest BCUT2D eigenvalue weighted by Crippen LogP contribution is 2.16. The van der Waals surface area contributed by atoms with E-state index in [0.29, 0.717) is 6.54 Å². The molecule has 0 spiro atoms. The third-order valence-corrected chi connectivity index (χ3v) is 4.29. The fourth-order valence-corrected chi connectivity index (χ4v) is 2.49. The van der Waals surface area contributed by atoms with E-state index in [0.717, 1.165) is 18.4 Å². The van der Waals surface area contributed by atoms with Crippen molar-refractivity contribution in [2.45, 2.75) is 44.8 Å². The van der Waals surface area contributed by atoms with Gasteiger partial charge in [-0.1, -0.05) is 24.3 Å². The maximum absolute atomic E-state index is 10.1. The first kappa shape index (κ1) is 24.9. The maximum atomic E-state index is 10.1. The topological polar surface area (TPSA) is 147 Å². The maximum Gasteiger partial charge on any atom is 0.303 e. The summed E-state index contributed by atoms with van der Waals surface area (Å²) in [5, 5.41) is 47.7. The van der Waals surface area contributed by atoms with Crippen molar-refractivity contribution in [3.05, 3.63) is 59.7 Å². The molecule has 164 valence electrons. The summed E-state index contributed by atoms with van der Waals surface area (Å²) in [6.07, 6.45) is 0.693. The van der Waals surface area contributed by atoms with Gasteiger partial charge < -0.3 is 30.8 Å². The summed E-state index contributed by atoms with van der Waals surface area (Å²) >= 11 is 0. The summed E-state index contributed by atoms with van der Waals surface area (Å²) in [7, 11) is 0.